The van der Waals surface area contributed by atoms with Gasteiger partial charge in [-0.05, 0) is 46.1 Å². The van der Waals surface area contributed by atoms with E-state index in [1.807, 2.05) is 20.8 Å². The van der Waals surface area contributed by atoms with Gasteiger partial charge in [0.05, 0.1) is 11.1 Å². The Bertz CT molecular complexity index is 770. The second-order valence-corrected chi connectivity index (χ2v) is 8.29. The molecule has 1 spiro atoms. The normalized spacial score (nSPS) is 19.9. The number of likely N-dealkylation sites (tertiary alicyclic amines) is 1. The first-order valence-electron chi connectivity index (χ1n) is 9.08. The Labute approximate surface area is 153 Å². The predicted molar refractivity (Wildman–Crippen MR) is 98.1 cm³/mol. The van der Waals surface area contributed by atoms with Crippen LogP contribution in [0.15, 0.2) is 23.1 Å². The largest absolute Gasteiger partial charge is 0.444 e. The number of ether oxygens (including phenoxy) is 1. The van der Waals surface area contributed by atoms with Crippen LogP contribution in [0.1, 0.15) is 40.0 Å². The van der Waals surface area contributed by atoms with Crippen LogP contribution in [0.2, 0.25) is 0 Å². The summed E-state index contributed by atoms with van der Waals surface area (Å²) in [6, 6.07) is 3.19. The van der Waals surface area contributed by atoms with Crippen LogP contribution >= 0.6 is 0 Å². The molecule has 0 aliphatic carbocycles. The van der Waals surface area contributed by atoms with Crippen LogP contribution in [0.3, 0.4) is 0 Å². The Kier molecular flexibility index (Phi) is 4.58. The first-order chi connectivity index (χ1) is 12.1. The number of hydrogen-bond acceptors (Lipinski definition) is 4. The van der Waals surface area contributed by atoms with Crippen molar-refractivity contribution in [3.63, 3.8) is 0 Å². The maximum Gasteiger partial charge on any atom is 0.410 e. The van der Waals surface area contributed by atoms with Gasteiger partial charge in [0.1, 0.15) is 5.60 Å². The zero-order valence-electron chi connectivity index (χ0n) is 15.9. The van der Waals surface area contributed by atoms with Crippen LogP contribution in [0.5, 0.6) is 0 Å². The molecule has 0 saturated carbocycles. The molecule has 2 aliphatic rings. The van der Waals surface area contributed by atoms with E-state index in [4.69, 9.17) is 4.74 Å². The zero-order valence-corrected chi connectivity index (χ0v) is 15.9. The van der Waals surface area contributed by atoms with Crippen molar-refractivity contribution in [2.45, 2.75) is 45.6 Å². The molecule has 2 fully saturated rings. The average molecular weight is 361 g/mol. The minimum absolute atomic E-state index is 0.0965. The molecular weight excluding hydrogens is 334 g/mol. The minimum atomic E-state index is -0.518. The summed E-state index contributed by atoms with van der Waals surface area (Å²) in [5.41, 5.74) is -0.271. The van der Waals surface area contributed by atoms with Crippen molar-refractivity contribution in [2.24, 2.45) is 12.5 Å². The summed E-state index contributed by atoms with van der Waals surface area (Å²) in [6.07, 6.45) is 3.46. The Morgan fingerprint density at radius 1 is 1.08 bits per heavy atom. The lowest BCUT2D eigenvalue weighted by atomic mass is 9.77. The van der Waals surface area contributed by atoms with Crippen molar-refractivity contribution in [3.8, 4) is 0 Å². The Hall–Kier alpha value is -2.31. The van der Waals surface area contributed by atoms with Crippen molar-refractivity contribution in [1.29, 1.82) is 0 Å². The molecule has 0 bridgehead atoms. The lowest BCUT2D eigenvalue weighted by Crippen LogP contribution is -2.48. The first kappa shape index (κ1) is 18.5. The molecule has 7 nitrogen and oxygen atoms in total. The van der Waals surface area contributed by atoms with Gasteiger partial charge in [-0.25, -0.2) is 4.79 Å². The van der Waals surface area contributed by atoms with E-state index < -0.39 is 11.0 Å². The maximum absolute atomic E-state index is 13.1. The molecule has 2 amide bonds. The number of rotatable bonds is 1. The number of carbonyl (C=O) groups is 2. The van der Waals surface area contributed by atoms with E-state index in [1.165, 1.54) is 10.6 Å². The van der Waals surface area contributed by atoms with Gasteiger partial charge in [-0.2, -0.15) is 0 Å². The fourth-order valence-corrected chi connectivity index (χ4v) is 3.71. The molecule has 2 aliphatic heterocycles. The molecule has 3 heterocycles. The SMILES string of the molecule is Cn1cc(N2CCC3(CCN(C(=O)OC(C)(C)C)CC3)C2=O)ccc1=O. The average Bonchev–Trinajstić information content (AvgIpc) is 2.86. The third-order valence-electron chi connectivity index (χ3n) is 5.27. The highest BCUT2D eigenvalue weighted by atomic mass is 16.6. The zero-order chi connectivity index (χ0) is 19.1. The van der Waals surface area contributed by atoms with E-state index in [0.717, 1.165) is 12.1 Å². The molecule has 3 rings (SSSR count). The molecule has 0 N–H and O–H groups in total. The summed E-state index contributed by atoms with van der Waals surface area (Å²) in [4.78, 5) is 40.3. The number of hydrogen-bond donors (Lipinski definition) is 0. The Morgan fingerprint density at radius 3 is 2.27 bits per heavy atom. The van der Waals surface area contributed by atoms with E-state index >= 15 is 0 Å². The van der Waals surface area contributed by atoms with Gasteiger partial charge in [0.25, 0.3) is 0 Å². The van der Waals surface area contributed by atoms with Crippen molar-refractivity contribution < 1.29 is 14.3 Å². The fourth-order valence-electron chi connectivity index (χ4n) is 3.71. The van der Waals surface area contributed by atoms with Gasteiger partial charge in [-0.1, -0.05) is 0 Å². The second-order valence-electron chi connectivity index (χ2n) is 8.29. The number of anilines is 1. The molecule has 0 unspecified atom stereocenters. The number of pyridine rings is 1. The van der Waals surface area contributed by atoms with Crippen LogP contribution in [-0.2, 0) is 16.6 Å². The van der Waals surface area contributed by atoms with Crippen LogP contribution in [0.25, 0.3) is 0 Å². The van der Waals surface area contributed by atoms with Crippen LogP contribution in [0.4, 0.5) is 10.5 Å². The standard InChI is InChI=1S/C19H27N3O4/c1-18(2,3)26-17(25)21-10-7-19(8-11-21)9-12-22(16(19)24)14-5-6-15(23)20(4)13-14/h5-6,13H,7-12H2,1-4H3. The topological polar surface area (TPSA) is 71.8 Å². The van der Waals surface area contributed by atoms with Crippen molar-refractivity contribution in [3.05, 3.63) is 28.7 Å². The van der Waals surface area contributed by atoms with Gasteiger partial charge in [0, 0.05) is 38.9 Å². The maximum atomic E-state index is 13.1. The van der Waals surface area contributed by atoms with E-state index in [2.05, 4.69) is 0 Å². The lowest BCUT2D eigenvalue weighted by Gasteiger charge is -2.38. The summed E-state index contributed by atoms with van der Waals surface area (Å²) in [5.74, 6) is 0.0972. The molecule has 142 valence electrons. The summed E-state index contributed by atoms with van der Waals surface area (Å²) in [7, 11) is 1.68. The lowest BCUT2D eigenvalue weighted by molar-refractivity contribution is -0.128. The van der Waals surface area contributed by atoms with Crippen molar-refractivity contribution >= 4 is 17.7 Å². The van der Waals surface area contributed by atoms with Gasteiger partial charge < -0.3 is 19.1 Å². The van der Waals surface area contributed by atoms with Gasteiger partial charge in [-0.15, -0.1) is 0 Å². The quantitative estimate of drug-likeness (QED) is 0.768. The number of nitrogens with zero attached hydrogens (tertiary/aromatic N) is 3. The Morgan fingerprint density at radius 2 is 1.69 bits per heavy atom. The molecule has 1 aromatic heterocycles. The smallest absolute Gasteiger partial charge is 0.410 e. The second kappa shape index (κ2) is 6.45. The van der Waals surface area contributed by atoms with Crippen LogP contribution in [-0.4, -0.2) is 46.7 Å². The summed E-state index contributed by atoms with van der Waals surface area (Å²) >= 11 is 0. The van der Waals surface area contributed by atoms with Gasteiger partial charge in [-0.3, -0.25) is 9.59 Å². The van der Waals surface area contributed by atoms with Crippen molar-refractivity contribution in [1.82, 2.24) is 9.47 Å². The molecule has 2 saturated heterocycles. The molecule has 0 aromatic carbocycles. The van der Waals surface area contributed by atoms with Gasteiger partial charge in [0.15, 0.2) is 0 Å². The molecule has 7 heteroatoms. The first-order valence-corrected chi connectivity index (χ1v) is 9.08. The number of piperidine rings is 1. The molecular formula is C19H27N3O4. The highest BCUT2D eigenvalue weighted by molar-refractivity contribution is 5.99. The summed E-state index contributed by atoms with van der Waals surface area (Å²) in [6.45, 7) is 7.25. The summed E-state index contributed by atoms with van der Waals surface area (Å²) in [5, 5.41) is 0. The monoisotopic (exact) mass is 361 g/mol. The van der Waals surface area contributed by atoms with Crippen LogP contribution < -0.4 is 10.5 Å². The molecule has 26 heavy (non-hydrogen) atoms. The van der Waals surface area contributed by atoms with E-state index in [0.29, 0.717) is 32.5 Å². The predicted octanol–water partition coefficient (Wildman–Crippen LogP) is 2.14. The highest BCUT2D eigenvalue weighted by Crippen LogP contribution is 2.43. The third-order valence-corrected chi connectivity index (χ3v) is 5.27. The molecule has 0 atom stereocenters. The van der Waals surface area contributed by atoms with Gasteiger partial charge >= 0.3 is 6.09 Å². The van der Waals surface area contributed by atoms with Crippen LogP contribution in [0, 0.1) is 5.41 Å². The summed E-state index contributed by atoms with van der Waals surface area (Å²) < 4.78 is 6.91. The number of aryl methyl sites for hydroxylation is 1. The number of carbonyl (C=O) groups excluding carboxylic acids is 2. The Balaban J connectivity index is 1.68. The molecule has 0 radical (unpaired) electrons. The minimum Gasteiger partial charge on any atom is -0.444 e. The number of aromatic nitrogens is 1. The third kappa shape index (κ3) is 3.48. The fraction of sp³-hybridized carbons (Fsp3) is 0.632. The van der Waals surface area contributed by atoms with Gasteiger partial charge in [0.2, 0.25) is 11.5 Å². The van der Waals surface area contributed by atoms with E-state index in [-0.39, 0.29) is 17.6 Å². The number of amides is 2. The van der Waals surface area contributed by atoms with E-state index in [9.17, 15) is 14.4 Å². The molecule has 1 aromatic rings. The van der Waals surface area contributed by atoms with Crippen molar-refractivity contribution in [2.75, 3.05) is 24.5 Å². The highest BCUT2D eigenvalue weighted by Gasteiger charge is 2.49. The van der Waals surface area contributed by atoms with E-state index in [1.54, 1.807) is 29.1 Å².